The molecule has 0 bridgehead atoms. The van der Waals surface area contributed by atoms with Crippen molar-refractivity contribution in [3.8, 4) is 0 Å². The van der Waals surface area contributed by atoms with Gasteiger partial charge >= 0.3 is 0 Å². The number of nitrogens with zero attached hydrogens (tertiary/aromatic N) is 1. The van der Waals surface area contributed by atoms with E-state index < -0.39 is 0 Å². The highest BCUT2D eigenvalue weighted by atomic mass is 16.2. The summed E-state index contributed by atoms with van der Waals surface area (Å²) in [5.74, 6) is 0.246. The van der Waals surface area contributed by atoms with Gasteiger partial charge in [-0.2, -0.15) is 0 Å². The van der Waals surface area contributed by atoms with E-state index in [9.17, 15) is 4.79 Å². The first-order valence-electron chi connectivity index (χ1n) is 7.22. The molecule has 1 saturated heterocycles. The van der Waals surface area contributed by atoms with Gasteiger partial charge in [-0.25, -0.2) is 0 Å². The number of nitrogens with one attached hydrogen (secondary N) is 1. The Balaban J connectivity index is 2.32. The zero-order chi connectivity index (χ0) is 14.0. The molecule has 1 aromatic carbocycles. The Morgan fingerprint density at radius 2 is 2.00 bits per heavy atom. The summed E-state index contributed by atoms with van der Waals surface area (Å²) in [4.78, 5) is 14.3. The normalized spacial score (nSPS) is 23.2. The van der Waals surface area contributed by atoms with Crippen LogP contribution in [0.3, 0.4) is 0 Å². The Morgan fingerprint density at radius 1 is 1.26 bits per heavy atom. The summed E-state index contributed by atoms with van der Waals surface area (Å²) < 4.78 is 0. The SMILES string of the molecule is CCCC1NC(c2cc(C)ccc2C)N(CC)C1=O. The van der Waals surface area contributed by atoms with E-state index >= 15 is 0 Å². The van der Waals surface area contributed by atoms with Gasteiger partial charge in [0.05, 0.1) is 6.04 Å². The van der Waals surface area contributed by atoms with Crippen LogP contribution >= 0.6 is 0 Å². The van der Waals surface area contributed by atoms with Crippen LogP contribution in [0, 0.1) is 13.8 Å². The number of carbonyl (C=O) groups is 1. The van der Waals surface area contributed by atoms with Crippen LogP contribution in [0.2, 0.25) is 0 Å². The van der Waals surface area contributed by atoms with Crippen LogP contribution in [0.15, 0.2) is 18.2 Å². The number of benzene rings is 1. The predicted octanol–water partition coefficient (Wildman–Crippen LogP) is 2.92. The summed E-state index contributed by atoms with van der Waals surface area (Å²) >= 11 is 0. The molecule has 0 spiro atoms. The van der Waals surface area contributed by atoms with E-state index in [1.54, 1.807) is 0 Å². The lowest BCUT2D eigenvalue weighted by Gasteiger charge is -2.24. The van der Waals surface area contributed by atoms with Crippen molar-refractivity contribution in [2.75, 3.05) is 6.54 Å². The minimum Gasteiger partial charge on any atom is -0.322 e. The lowest BCUT2D eigenvalue weighted by Crippen LogP contribution is -2.31. The molecule has 1 aromatic rings. The third kappa shape index (κ3) is 2.66. The van der Waals surface area contributed by atoms with Crippen LogP contribution in [0.25, 0.3) is 0 Å². The van der Waals surface area contributed by atoms with Crippen molar-refractivity contribution in [1.29, 1.82) is 0 Å². The third-order valence-electron chi connectivity index (χ3n) is 3.90. The Morgan fingerprint density at radius 3 is 2.63 bits per heavy atom. The van der Waals surface area contributed by atoms with Crippen LogP contribution < -0.4 is 5.32 Å². The minimum atomic E-state index is -0.0186. The van der Waals surface area contributed by atoms with Crippen molar-refractivity contribution in [2.24, 2.45) is 0 Å². The number of amides is 1. The average molecular weight is 260 g/mol. The maximum Gasteiger partial charge on any atom is 0.241 e. The minimum absolute atomic E-state index is 0.0186. The number of carbonyl (C=O) groups excluding carboxylic acids is 1. The quantitative estimate of drug-likeness (QED) is 0.902. The molecule has 1 amide bonds. The second kappa shape index (κ2) is 5.74. The van der Waals surface area contributed by atoms with Gasteiger partial charge in [0, 0.05) is 6.54 Å². The maximum absolute atomic E-state index is 12.4. The van der Waals surface area contributed by atoms with E-state index in [1.165, 1.54) is 16.7 Å². The molecule has 2 atom stereocenters. The molecule has 1 N–H and O–H groups in total. The highest BCUT2D eigenvalue weighted by Crippen LogP contribution is 2.29. The molecule has 3 heteroatoms. The fourth-order valence-electron chi connectivity index (χ4n) is 2.83. The molecule has 2 rings (SSSR count). The lowest BCUT2D eigenvalue weighted by molar-refractivity contribution is -0.130. The molecule has 0 radical (unpaired) electrons. The van der Waals surface area contributed by atoms with Gasteiger partial charge in [0.1, 0.15) is 6.17 Å². The number of hydrogen-bond donors (Lipinski definition) is 1. The number of rotatable bonds is 4. The summed E-state index contributed by atoms with van der Waals surface area (Å²) in [6, 6.07) is 6.43. The molecule has 1 aliphatic heterocycles. The number of hydrogen-bond acceptors (Lipinski definition) is 2. The molecule has 1 fully saturated rings. The number of aryl methyl sites for hydroxylation is 2. The van der Waals surface area contributed by atoms with E-state index in [0.717, 1.165) is 19.4 Å². The second-order valence-electron chi connectivity index (χ2n) is 5.39. The van der Waals surface area contributed by atoms with Gasteiger partial charge in [-0.15, -0.1) is 0 Å². The third-order valence-corrected chi connectivity index (χ3v) is 3.90. The van der Waals surface area contributed by atoms with Crippen LogP contribution in [0.5, 0.6) is 0 Å². The molecule has 0 aliphatic carbocycles. The zero-order valence-corrected chi connectivity index (χ0v) is 12.4. The molecular weight excluding hydrogens is 236 g/mol. The van der Waals surface area contributed by atoms with Crippen molar-refractivity contribution in [3.63, 3.8) is 0 Å². The summed E-state index contributed by atoms with van der Waals surface area (Å²) in [6.45, 7) is 9.13. The summed E-state index contributed by atoms with van der Waals surface area (Å²) in [5.41, 5.74) is 3.71. The first-order chi connectivity index (χ1) is 9.08. The Bertz CT molecular complexity index is 470. The standard InChI is InChI=1S/C16H24N2O/c1-5-7-14-16(19)18(6-2)15(17-14)13-10-11(3)8-9-12(13)4/h8-10,14-15,17H,5-7H2,1-4H3. The average Bonchev–Trinajstić information content (AvgIpc) is 2.70. The maximum atomic E-state index is 12.4. The highest BCUT2D eigenvalue weighted by Gasteiger charge is 2.38. The first kappa shape index (κ1) is 14.1. The van der Waals surface area contributed by atoms with Gasteiger partial charge in [0.2, 0.25) is 5.91 Å². The van der Waals surface area contributed by atoms with Gasteiger partial charge in [0.25, 0.3) is 0 Å². The van der Waals surface area contributed by atoms with Gasteiger partial charge in [-0.05, 0) is 38.3 Å². The fraction of sp³-hybridized carbons (Fsp3) is 0.562. The lowest BCUT2D eigenvalue weighted by atomic mass is 10.0. The topological polar surface area (TPSA) is 32.3 Å². The molecule has 0 saturated carbocycles. The van der Waals surface area contributed by atoms with Gasteiger partial charge in [0.15, 0.2) is 0 Å². The zero-order valence-electron chi connectivity index (χ0n) is 12.4. The summed E-state index contributed by atoms with van der Waals surface area (Å²) in [7, 11) is 0. The van der Waals surface area contributed by atoms with E-state index in [2.05, 4.69) is 44.3 Å². The van der Waals surface area contributed by atoms with E-state index in [1.807, 2.05) is 11.8 Å². The molecule has 0 aromatic heterocycles. The molecule has 1 heterocycles. The van der Waals surface area contributed by atoms with Crippen molar-refractivity contribution >= 4 is 5.91 Å². The summed E-state index contributed by atoms with van der Waals surface area (Å²) in [5, 5.41) is 3.50. The van der Waals surface area contributed by atoms with Gasteiger partial charge < -0.3 is 4.90 Å². The first-order valence-corrected chi connectivity index (χ1v) is 7.22. The smallest absolute Gasteiger partial charge is 0.241 e. The van der Waals surface area contributed by atoms with Crippen molar-refractivity contribution in [1.82, 2.24) is 10.2 Å². The van der Waals surface area contributed by atoms with E-state index in [4.69, 9.17) is 0 Å². The molecule has 19 heavy (non-hydrogen) atoms. The van der Waals surface area contributed by atoms with E-state index in [-0.39, 0.29) is 18.1 Å². The van der Waals surface area contributed by atoms with Crippen molar-refractivity contribution in [2.45, 2.75) is 52.7 Å². The van der Waals surface area contributed by atoms with Gasteiger partial charge in [-0.3, -0.25) is 10.1 Å². The van der Waals surface area contributed by atoms with Crippen LogP contribution in [-0.4, -0.2) is 23.4 Å². The van der Waals surface area contributed by atoms with Crippen LogP contribution in [0.4, 0.5) is 0 Å². The monoisotopic (exact) mass is 260 g/mol. The summed E-state index contributed by atoms with van der Waals surface area (Å²) in [6.07, 6.45) is 1.98. The Kier molecular flexibility index (Phi) is 4.25. The molecule has 1 aliphatic rings. The molecule has 3 nitrogen and oxygen atoms in total. The van der Waals surface area contributed by atoms with Crippen LogP contribution in [-0.2, 0) is 4.79 Å². The molecule has 2 unspecified atom stereocenters. The van der Waals surface area contributed by atoms with Crippen LogP contribution in [0.1, 0.15) is 49.5 Å². The molecular formula is C16H24N2O. The Labute approximate surface area is 116 Å². The Hall–Kier alpha value is -1.35. The predicted molar refractivity (Wildman–Crippen MR) is 77.9 cm³/mol. The fourth-order valence-corrected chi connectivity index (χ4v) is 2.83. The number of likely N-dealkylation sites (N-methyl/N-ethyl adjacent to an activating group) is 1. The van der Waals surface area contributed by atoms with Crippen molar-refractivity contribution in [3.05, 3.63) is 34.9 Å². The van der Waals surface area contributed by atoms with E-state index in [0.29, 0.717) is 0 Å². The highest BCUT2D eigenvalue weighted by molar-refractivity contribution is 5.84. The van der Waals surface area contributed by atoms with Gasteiger partial charge in [-0.1, -0.05) is 37.1 Å². The largest absolute Gasteiger partial charge is 0.322 e. The molecule has 104 valence electrons. The van der Waals surface area contributed by atoms with Crippen molar-refractivity contribution < 1.29 is 4.79 Å². The second-order valence-corrected chi connectivity index (χ2v) is 5.39.